The molecular weight excluding hydrogens is 734 g/mol. The Hall–Kier alpha value is -2.28. The molecule has 1 aliphatic heterocycles. The first kappa shape index (κ1) is 51.7. The molecule has 0 bridgehead atoms. The van der Waals surface area contributed by atoms with Crippen molar-refractivity contribution < 1.29 is 72.3 Å². The van der Waals surface area contributed by atoms with Gasteiger partial charge in [-0.3, -0.25) is 24.4 Å². The van der Waals surface area contributed by atoms with Crippen molar-refractivity contribution in [3.63, 3.8) is 0 Å². The number of ketones is 1. The Morgan fingerprint density at radius 2 is 1.11 bits per heavy atom. The number of hydrogen-bond donors (Lipinski definition) is 3. The Bertz CT molecular complexity index is 1170. The maximum absolute atomic E-state index is 13.8. The van der Waals surface area contributed by atoms with Gasteiger partial charge in [0.05, 0.1) is 63.7 Å². The summed E-state index contributed by atoms with van der Waals surface area (Å²) in [6.07, 6.45) is -4.23. The van der Waals surface area contributed by atoms with E-state index < -0.39 is 82.9 Å². The van der Waals surface area contributed by atoms with E-state index in [1.54, 1.807) is 62.3 Å². The predicted octanol–water partition coefficient (Wildman–Crippen LogP) is 4.27. The molecule has 16 heteroatoms. The van der Waals surface area contributed by atoms with Gasteiger partial charge in [0.2, 0.25) is 12.2 Å². The minimum absolute atomic E-state index is 0.0990. The summed E-state index contributed by atoms with van der Waals surface area (Å²) in [7, 11) is 0. The number of nitrogens with one attached hydrogen (secondary N) is 1. The van der Waals surface area contributed by atoms with E-state index in [2.05, 4.69) is 10.2 Å². The van der Waals surface area contributed by atoms with Crippen LogP contribution in [0.1, 0.15) is 109 Å². The second-order valence-corrected chi connectivity index (χ2v) is 18.1. The van der Waals surface area contributed by atoms with Crippen molar-refractivity contribution in [2.24, 2.45) is 21.7 Å². The molecule has 6 atom stereocenters. The molecule has 3 N–H and O–H groups in total. The molecule has 0 saturated carbocycles. The van der Waals surface area contributed by atoms with Crippen molar-refractivity contribution in [2.45, 2.75) is 146 Å². The van der Waals surface area contributed by atoms with Crippen molar-refractivity contribution in [3.8, 4) is 0 Å². The number of amides is 1. The zero-order chi connectivity index (χ0) is 42.7. The summed E-state index contributed by atoms with van der Waals surface area (Å²) >= 11 is 0. The predicted molar refractivity (Wildman–Crippen MR) is 205 cm³/mol. The van der Waals surface area contributed by atoms with E-state index in [9.17, 15) is 24.3 Å². The van der Waals surface area contributed by atoms with E-state index in [0.29, 0.717) is 65.5 Å². The lowest BCUT2D eigenvalue weighted by Gasteiger charge is -2.48. The van der Waals surface area contributed by atoms with Gasteiger partial charge in [-0.1, -0.05) is 48.0 Å². The molecule has 1 aliphatic rings. The van der Waals surface area contributed by atoms with Crippen LogP contribution in [-0.4, -0.2) is 137 Å². The van der Waals surface area contributed by atoms with E-state index in [1.165, 1.54) is 0 Å². The van der Waals surface area contributed by atoms with Gasteiger partial charge in [-0.2, -0.15) is 0 Å². The second kappa shape index (κ2) is 24.6. The number of ether oxygens (including phenoxy) is 8. The van der Waals surface area contributed by atoms with E-state index >= 15 is 0 Å². The maximum Gasteiger partial charge on any atom is 0.313 e. The monoisotopic (exact) mass is 807 g/mol. The Morgan fingerprint density at radius 1 is 0.625 bits per heavy atom. The number of aliphatic hydroxyl groups excluding tert-OH is 1. The fraction of sp³-hybridized carbons (Fsp3) is 0.900. The van der Waals surface area contributed by atoms with Gasteiger partial charge in [0.1, 0.15) is 31.0 Å². The van der Waals surface area contributed by atoms with Gasteiger partial charge < -0.3 is 48.3 Å². The van der Waals surface area contributed by atoms with Gasteiger partial charge in [-0.25, -0.2) is 4.89 Å². The van der Waals surface area contributed by atoms with E-state index in [4.69, 9.17) is 43.2 Å². The van der Waals surface area contributed by atoms with Crippen LogP contribution in [0.15, 0.2) is 0 Å². The molecule has 328 valence electrons. The van der Waals surface area contributed by atoms with Gasteiger partial charge in [-0.05, 0) is 59.8 Å². The van der Waals surface area contributed by atoms with Crippen LogP contribution >= 0.6 is 0 Å². The first-order valence-electron chi connectivity index (χ1n) is 19.7. The molecule has 16 nitrogen and oxygen atoms in total. The van der Waals surface area contributed by atoms with Crippen LogP contribution in [0, 0.1) is 21.7 Å². The molecule has 1 fully saturated rings. The number of unbranched alkanes of at least 4 members (excludes halogenated alkanes) is 2. The first-order valence-corrected chi connectivity index (χ1v) is 19.7. The van der Waals surface area contributed by atoms with Gasteiger partial charge >= 0.3 is 11.9 Å². The average molecular weight is 808 g/mol. The summed E-state index contributed by atoms with van der Waals surface area (Å²) in [5.74, 6) is -1.89. The number of hydrogen-bond acceptors (Lipinski definition) is 15. The lowest BCUT2D eigenvalue weighted by molar-refractivity contribution is -0.286. The van der Waals surface area contributed by atoms with Crippen molar-refractivity contribution in [1.29, 1.82) is 0 Å². The fourth-order valence-corrected chi connectivity index (χ4v) is 5.18. The Labute approximate surface area is 334 Å². The third-order valence-electron chi connectivity index (χ3n) is 8.53. The van der Waals surface area contributed by atoms with E-state index in [0.717, 1.165) is 0 Å². The third-order valence-corrected chi connectivity index (χ3v) is 8.53. The lowest BCUT2D eigenvalue weighted by Crippen LogP contribution is -2.68. The van der Waals surface area contributed by atoms with E-state index in [-0.39, 0.29) is 25.4 Å². The zero-order valence-corrected chi connectivity index (χ0v) is 36.1. The summed E-state index contributed by atoms with van der Waals surface area (Å²) in [4.78, 5) is 57.9. The van der Waals surface area contributed by atoms with Crippen LogP contribution < -0.4 is 5.32 Å². The topological polar surface area (TPSA) is 204 Å². The summed E-state index contributed by atoms with van der Waals surface area (Å²) in [6, 6.07) is -1.24. The molecule has 1 saturated heterocycles. The molecule has 1 rings (SSSR count). The van der Waals surface area contributed by atoms with Crippen molar-refractivity contribution in [2.75, 3.05) is 66.1 Å². The number of esters is 2. The number of carbonyl (C=O) groups is 4. The van der Waals surface area contributed by atoms with Gasteiger partial charge in [0.15, 0.2) is 11.9 Å². The Morgan fingerprint density at radius 3 is 1.55 bits per heavy atom. The molecular formula is C40H73NO15. The molecule has 56 heavy (non-hydrogen) atoms. The van der Waals surface area contributed by atoms with Crippen LogP contribution in [0.4, 0.5) is 0 Å². The summed E-state index contributed by atoms with van der Waals surface area (Å²) in [5, 5.41) is 21.7. The second-order valence-electron chi connectivity index (χ2n) is 18.1. The summed E-state index contributed by atoms with van der Waals surface area (Å²) in [6.45, 7) is 23.6. The van der Waals surface area contributed by atoms with Gasteiger partial charge in [-0.15, -0.1) is 0 Å². The Balaban J connectivity index is 3.02. The van der Waals surface area contributed by atoms with Gasteiger partial charge in [0.25, 0.3) is 0 Å². The standard InChI is InChI=1S/C40H73NO15/c1-37(2,3)32(44)33(38(4,5)6)54-30-27(26-42)53-34(56-36(46)40(10,11)12)29(31(30)55-35(45)39(7,8)9)41-28(43)16-14-13-15-17-48-18-19-49-20-21-50-22-23-51-24-25-52-47/h27,29-31,33-34,42,47H,13-26H2,1-12H3,(H,41,43)/t27-,29-,30+,31-,33?,34?/m0/s1. The van der Waals surface area contributed by atoms with Crippen LogP contribution in [0.2, 0.25) is 0 Å². The fourth-order valence-electron chi connectivity index (χ4n) is 5.18. The quantitative estimate of drug-likeness (QED) is 0.0510. The molecule has 0 aromatic rings. The van der Waals surface area contributed by atoms with Crippen LogP contribution in [-0.2, 0) is 62.0 Å². The third kappa shape index (κ3) is 19.4. The van der Waals surface area contributed by atoms with E-state index in [1.807, 2.05) is 20.8 Å². The SMILES string of the molecule is CC(C)(C)C(=O)OC1O[C@@H](CO)[C@@H](OC(C(=O)C(C)(C)C)C(C)(C)C)[C@@H](OC(=O)C(C)(C)C)[C@@H]1NC(=O)CCCCCOCCOCCOCCOCCOO. The maximum atomic E-state index is 13.8. The molecule has 0 aromatic carbocycles. The Kier molecular flexibility index (Phi) is 22.7. The van der Waals surface area contributed by atoms with Gasteiger partial charge in [0, 0.05) is 18.4 Å². The van der Waals surface area contributed by atoms with Crippen LogP contribution in [0.3, 0.4) is 0 Å². The minimum atomic E-state index is -1.46. The number of carbonyl (C=O) groups excluding carboxylic acids is 4. The normalized spacial score (nSPS) is 21.4. The molecule has 2 unspecified atom stereocenters. The minimum Gasteiger partial charge on any atom is -0.457 e. The van der Waals surface area contributed by atoms with Crippen LogP contribution in [0.5, 0.6) is 0 Å². The molecule has 1 heterocycles. The molecule has 1 amide bonds. The highest BCUT2D eigenvalue weighted by molar-refractivity contribution is 5.88. The smallest absolute Gasteiger partial charge is 0.313 e. The highest BCUT2D eigenvalue weighted by Gasteiger charge is 2.54. The first-order chi connectivity index (χ1) is 25.9. The van der Waals surface area contributed by atoms with Crippen molar-refractivity contribution in [1.82, 2.24) is 5.32 Å². The molecule has 0 aliphatic carbocycles. The zero-order valence-electron chi connectivity index (χ0n) is 36.1. The highest BCUT2D eigenvalue weighted by Crippen LogP contribution is 2.36. The highest BCUT2D eigenvalue weighted by atomic mass is 17.1. The number of rotatable bonds is 25. The average Bonchev–Trinajstić information content (AvgIpc) is 3.08. The van der Waals surface area contributed by atoms with Crippen molar-refractivity contribution >= 4 is 23.6 Å². The largest absolute Gasteiger partial charge is 0.457 e. The lowest BCUT2D eigenvalue weighted by atomic mass is 9.77. The molecule has 0 spiro atoms. The summed E-state index contributed by atoms with van der Waals surface area (Å²) in [5.41, 5.74) is -3.46. The summed E-state index contributed by atoms with van der Waals surface area (Å²) < 4.78 is 46.3. The number of Topliss-reactive ketones (excluding diaryl/α,β-unsaturated/α-hetero) is 1. The van der Waals surface area contributed by atoms with Crippen molar-refractivity contribution in [3.05, 3.63) is 0 Å². The molecule has 0 aromatic heterocycles. The van der Waals surface area contributed by atoms with Crippen LogP contribution in [0.25, 0.3) is 0 Å². The molecule has 0 radical (unpaired) electrons. The number of aliphatic hydroxyl groups is 1.